The first kappa shape index (κ1) is 12.1. The molecule has 0 aromatic carbocycles. The monoisotopic (exact) mass is 260 g/mol. The lowest BCUT2D eigenvalue weighted by Gasteiger charge is -2.25. The van der Waals surface area contributed by atoms with E-state index in [2.05, 4.69) is 10.3 Å². The van der Waals surface area contributed by atoms with Gasteiger partial charge in [-0.05, 0) is 12.1 Å². The number of halogens is 1. The Morgan fingerprint density at radius 2 is 2.44 bits per heavy atom. The largest absolute Gasteiger partial charge is 0.393 e. The molecule has 0 spiro atoms. The van der Waals surface area contributed by atoms with Crippen molar-refractivity contribution >= 4 is 23.4 Å². The summed E-state index contributed by atoms with van der Waals surface area (Å²) < 4.78 is 0. The summed E-state index contributed by atoms with van der Waals surface area (Å²) in [5.41, 5.74) is -1.06. The molecule has 6 heteroatoms. The molecule has 0 aliphatic carbocycles. The SMILES string of the molecule is OCC1(O)CNC[C@@H]1Sc1ccc(Cl)cn1. The quantitative estimate of drug-likeness (QED) is 0.740. The Balaban J connectivity index is 2.07. The van der Waals surface area contributed by atoms with Gasteiger partial charge < -0.3 is 15.5 Å². The van der Waals surface area contributed by atoms with Gasteiger partial charge in [0, 0.05) is 19.3 Å². The molecule has 1 unspecified atom stereocenters. The van der Waals surface area contributed by atoms with E-state index in [0.29, 0.717) is 18.1 Å². The average molecular weight is 261 g/mol. The maximum Gasteiger partial charge on any atom is 0.113 e. The Labute approximate surface area is 103 Å². The third kappa shape index (κ3) is 2.49. The van der Waals surface area contributed by atoms with Crippen LogP contribution >= 0.6 is 23.4 Å². The number of hydrogen-bond donors (Lipinski definition) is 3. The molecule has 3 N–H and O–H groups in total. The lowest BCUT2D eigenvalue weighted by molar-refractivity contribution is 0.00748. The summed E-state index contributed by atoms with van der Waals surface area (Å²) in [5.74, 6) is 0. The Morgan fingerprint density at radius 3 is 3.06 bits per heavy atom. The summed E-state index contributed by atoms with van der Waals surface area (Å²) in [6.45, 7) is 0.825. The third-order valence-electron chi connectivity index (χ3n) is 2.60. The lowest BCUT2D eigenvalue weighted by Crippen LogP contribution is -2.43. The number of thioether (sulfide) groups is 1. The van der Waals surface area contributed by atoms with E-state index < -0.39 is 5.60 Å². The van der Waals surface area contributed by atoms with Crippen molar-refractivity contribution in [3.05, 3.63) is 23.4 Å². The van der Waals surface area contributed by atoms with Crippen LogP contribution in [-0.4, -0.2) is 45.7 Å². The molecule has 16 heavy (non-hydrogen) atoms. The second kappa shape index (κ2) is 4.89. The molecular formula is C10H13ClN2O2S. The second-order valence-corrected chi connectivity index (χ2v) is 5.47. The fraction of sp³-hybridized carbons (Fsp3) is 0.500. The average Bonchev–Trinajstić information content (AvgIpc) is 2.65. The van der Waals surface area contributed by atoms with Crippen LogP contribution in [0.1, 0.15) is 0 Å². The van der Waals surface area contributed by atoms with E-state index in [-0.39, 0.29) is 11.9 Å². The molecule has 1 aliphatic heterocycles. The van der Waals surface area contributed by atoms with Crippen LogP contribution in [0.15, 0.2) is 23.4 Å². The minimum absolute atomic E-state index is 0.0915. The number of β-amino-alcohol motifs (C(OH)–C–C–N with tert-alkyl or cyclic N) is 1. The van der Waals surface area contributed by atoms with Crippen LogP contribution in [0.5, 0.6) is 0 Å². The van der Waals surface area contributed by atoms with Gasteiger partial charge in [0.25, 0.3) is 0 Å². The van der Waals surface area contributed by atoms with E-state index in [0.717, 1.165) is 5.03 Å². The maximum atomic E-state index is 10.1. The summed E-state index contributed by atoms with van der Waals surface area (Å²) >= 11 is 7.19. The van der Waals surface area contributed by atoms with Gasteiger partial charge in [-0.1, -0.05) is 23.4 Å². The molecule has 0 bridgehead atoms. The first-order chi connectivity index (χ1) is 7.64. The highest BCUT2D eigenvalue weighted by molar-refractivity contribution is 8.00. The summed E-state index contributed by atoms with van der Waals surface area (Å²) in [6.07, 6.45) is 1.57. The topological polar surface area (TPSA) is 65.4 Å². The molecule has 0 radical (unpaired) electrons. The van der Waals surface area contributed by atoms with Crippen LogP contribution in [0, 0.1) is 0 Å². The van der Waals surface area contributed by atoms with Crippen molar-refractivity contribution in [1.82, 2.24) is 10.3 Å². The lowest BCUT2D eigenvalue weighted by atomic mass is 10.1. The van der Waals surface area contributed by atoms with Gasteiger partial charge in [0.2, 0.25) is 0 Å². The highest BCUT2D eigenvalue weighted by atomic mass is 35.5. The standard InChI is InChI=1S/C10H13ClN2O2S/c11-7-1-2-9(13-3-7)16-8-4-12-5-10(8,15)6-14/h1-3,8,12,14-15H,4-6H2/t8-,10?/m0/s1. The van der Waals surface area contributed by atoms with Gasteiger partial charge >= 0.3 is 0 Å². The first-order valence-electron chi connectivity index (χ1n) is 4.96. The van der Waals surface area contributed by atoms with Gasteiger partial charge in [-0.3, -0.25) is 0 Å². The minimum Gasteiger partial charge on any atom is -0.393 e. The van der Waals surface area contributed by atoms with Crippen LogP contribution < -0.4 is 5.32 Å². The van der Waals surface area contributed by atoms with Crippen LogP contribution in [0.2, 0.25) is 5.02 Å². The summed E-state index contributed by atoms with van der Waals surface area (Å²) in [6, 6.07) is 3.57. The zero-order valence-electron chi connectivity index (χ0n) is 8.56. The van der Waals surface area contributed by atoms with Gasteiger partial charge in [0.15, 0.2) is 0 Å². The molecule has 0 amide bonds. The molecule has 2 heterocycles. The van der Waals surface area contributed by atoms with Gasteiger partial charge in [0.1, 0.15) is 5.60 Å². The molecule has 1 aliphatic rings. The molecule has 1 aromatic heterocycles. The Hall–Kier alpha value is -0.330. The van der Waals surface area contributed by atoms with E-state index in [9.17, 15) is 10.2 Å². The fourth-order valence-electron chi connectivity index (χ4n) is 1.61. The summed E-state index contributed by atoms with van der Waals surface area (Å²) in [5, 5.41) is 23.6. The number of aliphatic hydroxyl groups is 2. The molecule has 88 valence electrons. The van der Waals surface area contributed by atoms with Gasteiger partial charge in [-0.25, -0.2) is 4.98 Å². The number of aromatic nitrogens is 1. The van der Waals surface area contributed by atoms with E-state index in [1.807, 2.05) is 6.07 Å². The van der Waals surface area contributed by atoms with Crippen LogP contribution in [0.3, 0.4) is 0 Å². The Morgan fingerprint density at radius 1 is 1.62 bits per heavy atom. The van der Waals surface area contributed by atoms with Crippen LogP contribution in [-0.2, 0) is 0 Å². The van der Waals surface area contributed by atoms with Crippen molar-refractivity contribution in [2.75, 3.05) is 19.7 Å². The molecule has 2 rings (SSSR count). The van der Waals surface area contributed by atoms with Crippen molar-refractivity contribution in [2.24, 2.45) is 0 Å². The molecule has 1 aromatic rings. The van der Waals surface area contributed by atoms with E-state index in [4.69, 9.17) is 11.6 Å². The summed E-state index contributed by atoms with van der Waals surface area (Å²) in [7, 11) is 0. The number of nitrogens with zero attached hydrogens (tertiary/aromatic N) is 1. The van der Waals surface area contributed by atoms with E-state index in [1.165, 1.54) is 11.8 Å². The third-order valence-corrected chi connectivity index (χ3v) is 4.19. The Kier molecular flexibility index (Phi) is 3.71. The maximum absolute atomic E-state index is 10.1. The normalized spacial score (nSPS) is 29.6. The van der Waals surface area contributed by atoms with Crippen LogP contribution in [0.25, 0.3) is 0 Å². The van der Waals surface area contributed by atoms with Crippen molar-refractivity contribution in [3.8, 4) is 0 Å². The molecule has 2 atom stereocenters. The zero-order chi connectivity index (χ0) is 11.6. The fourth-order valence-corrected chi connectivity index (χ4v) is 2.85. The van der Waals surface area contributed by atoms with Gasteiger partial charge in [0.05, 0.1) is 21.9 Å². The van der Waals surface area contributed by atoms with Gasteiger partial charge in [-0.15, -0.1) is 0 Å². The highest BCUT2D eigenvalue weighted by Crippen LogP contribution is 2.31. The second-order valence-electron chi connectivity index (χ2n) is 3.81. The smallest absolute Gasteiger partial charge is 0.113 e. The Bertz CT molecular complexity index is 362. The zero-order valence-corrected chi connectivity index (χ0v) is 10.1. The predicted octanol–water partition coefficient (Wildman–Crippen LogP) is 0.522. The molecule has 1 fully saturated rings. The number of rotatable bonds is 3. The number of nitrogens with one attached hydrogen (secondary N) is 1. The van der Waals surface area contributed by atoms with Crippen LogP contribution in [0.4, 0.5) is 0 Å². The minimum atomic E-state index is -1.06. The number of pyridine rings is 1. The van der Waals surface area contributed by atoms with Crippen molar-refractivity contribution < 1.29 is 10.2 Å². The molecule has 1 saturated heterocycles. The van der Waals surface area contributed by atoms with Crippen molar-refractivity contribution in [3.63, 3.8) is 0 Å². The summed E-state index contributed by atoms with van der Waals surface area (Å²) in [4.78, 5) is 4.15. The number of aliphatic hydroxyl groups excluding tert-OH is 1. The van der Waals surface area contributed by atoms with E-state index >= 15 is 0 Å². The van der Waals surface area contributed by atoms with E-state index in [1.54, 1.807) is 12.3 Å². The molecule has 0 saturated carbocycles. The highest BCUT2D eigenvalue weighted by Gasteiger charge is 2.41. The van der Waals surface area contributed by atoms with Crippen molar-refractivity contribution in [1.29, 1.82) is 0 Å². The van der Waals surface area contributed by atoms with Crippen molar-refractivity contribution in [2.45, 2.75) is 15.9 Å². The van der Waals surface area contributed by atoms with Gasteiger partial charge in [-0.2, -0.15) is 0 Å². The first-order valence-corrected chi connectivity index (χ1v) is 6.22. The molecule has 4 nitrogen and oxygen atoms in total. The predicted molar refractivity (Wildman–Crippen MR) is 63.8 cm³/mol. The molecular weight excluding hydrogens is 248 g/mol. The number of hydrogen-bond acceptors (Lipinski definition) is 5.